The quantitative estimate of drug-likeness (QED) is 0.730. The Morgan fingerprint density at radius 1 is 1.29 bits per heavy atom. The average Bonchev–Trinajstić information content (AvgIpc) is 2.77. The summed E-state index contributed by atoms with van der Waals surface area (Å²) >= 11 is 0. The smallest absolute Gasteiger partial charge is 0.0766 e. The highest BCUT2D eigenvalue weighted by molar-refractivity contribution is 5.10. The van der Waals surface area contributed by atoms with Gasteiger partial charge in [-0.2, -0.15) is 0 Å². The number of hydrogen-bond acceptors (Lipinski definition) is 2. The maximum absolute atomic E-state index is 10.1. The van der Waals surface area contributed by atoms with Crippen LogP contribution in [-0.2, 0) is 13.1 Å². The lowest BCUT2D eigenvalue weighted by atomic mass is 9.97. The molecule has 98 valence electrons. The number of nitrogens with one attached hydrogen (secondary N) is 1. The van der Waals surface area contributed by atoms with E-state index in [1.807, 2.05) is 13.8 Å². The minimum absolute atomic E-state index is 0.550. The van der Waals surface area contributed by atoms with E-state index >= 15 is 0 Å². The Labute approximate surface area is 105 Å². The monoisotopic (exact) mass is 238 g/mol. The van der Waals surface area contributed by atoms with Gasteiger partial charge < -0.3 is 15.0 Å². The second-order valence-corrected chi connectivity index (χ2v) is 4.79. The lowest BCUT2D eigenvalue weighted by Gasteiger charge is -2.25. The Morgan fingerprint density at radius 3 is 2.59 bits per heavy atom. The molecule has 1 rings (SSSR count). The van der Waals surface area contributed by atoms with Crippen molar-refractivity contribution >= 4 is 0 Å². The maximum Gasteiger partial charge on any atom is 0.0766 e. The molecule has 0 saturated carbocycles. The van der Waals surface area contributed by atoms with Crippen LogP contribution in [0.5, 0.6) is 0 Å². The molecule has 0 unspecified atom stereocenters. The molecule has 0 bridgehead atoms. The zero-order valence-corrected chi connectivity index (χ0v) is 11.4. The molecule has 0 aliphatic heterocycles. The third-order valence-corrected chi connectivity index (χ3v) is 3.39. The molecule has 2 N–H and O–H groups in total. The predicted molar refractivity (Wildman–Crippen MR) is 72.0 cm³/mol. The molecule has 3 heteroatoms. The minimum Gasteiger partial charge on any atom is -0.389 e. The molecule has 0 aliphatic rings. The van der Waals surface area contributed by atoms with Crippen LogP contribution in [0.1, 0.15) is 45.6 Å². The van der Waals surface area contributed by atoms with Crippen LogP contribution in [0.15, 0.2) is 18.5 Å². The van der Waals surface area contributed by atoms with Crippen molar-refractivity contribution in [1.82, 2.24) is 9.88 Å². The molecule has 1 heterocycles. The first-order chi connectivity index (χ1) is 8.13. The van der Waals surface area contributed by atoms with Crippen LogP contribution in [0.4, 0.5) is 0 Å². The summed E-state index contributed by atoms with van der Waals surface area (Å²) in [4.78, 5) is 0. The van der Waals surface area contributed by atoms with Crippen molar-refractivity contribution in [3.8, 4) is 0 Å². The summed E-state index contributed by atoms with van der Waals surface area (Å²) in [6.45, 7) is 8.82. The van der Waals surface area contributed by atoms with Crippen LogP contribution < -0.4 is 5.32 Å². The maximum atomic E-state index is 10.1. The van der Waals surface area contributed by atoms with Crippen molar-refractivity contribution in [3.05, 3.63) is 24.0 Å². The van der Waals surface area contributed by atoms with Gasteiger partial charge in [0, 0.05) is 32.0 Å². The van der Waals surface area contributed by atoms with Gasteiger partial charge in [-0.1, -0.05) is 20.8 Å². The van der Waals surface area contributed by atoms with Crippen LogP contribution in [0.25, 0.3) is 0 Å². The molecule has 0 aromatic carbocycles. The van der Waals surface area contributed by atoms with Gasteiger partial charge >= 0.3 is 0 Å². The molecule has 0 aliphatic carbocycles. The Balaban J connectivity index is 2.34. The minimum atomic E-state index is -0.550. The van der Waals surface area contributed by atoms with Gasteiger partial charge in [0.1, 0.15) is 0 Å². The molecule has 17 heavy (non-hydrogen) atoms. The summed E-state index contributed by atoms with van der Waals surface area (Å²) in [7, 11) is 0. The first-order valence-electron chi connectivity index (χ1n) is 6.71. The van der Waals surface area contributed by atoms with Gasteiger partial charge in [-0.15, -0.1) is 0 Å². The van der Waals surface area contributed by atoms with Gasteiger partial charge in [-0.3, -0.25) is 0 Å². The fourth-order valence-electron chi connectivity index (χ4n) is 1.93. The van der Waals surface area contributed by atoms with Gasteiger partial charge in [0.25, 0.3) is 0 Å². The number of aryl methyl sites for hydroxylation is 1. The van der Waals surface area contributed by atoms with Crippen molar-refractivity contribution in [1.29, 1.82) is 0 Å². The SMILES string of the molecule is CCCn1ccc(CNCC(O)(CC)CC)c1. The molecule has 1 aromatic rings. The molecule has 1 aromatic heterocycles. The van der Waals surface area contributed by atoms with Gasteiger partial charge in [-0.25, -0.2) is 0 Å². The second-order valence-electron chi connectivity index (χ2n) is 4.79. The number of aliphatic hydroxyl groups is 1. The zero-order chi connectivity index (χ0) is 12.7. The van der Waals surface area contributed by atoms with Crippen molar-refractivity contribution in [3.63, 3.8) is 0 Å². The first-order valence-corrected chi connectivity index (χ1v) is 6.71. The van der Waals surface area contributed by atoms with Crippen LogP contribution in [-0.4, -0.2) is 21.8 Å². The van der Waals surface area contributed by atoms with E-state index in [9.17, 15) is 5.11 Å². The number of rotatable bonds is 8. The summed E-state index contributed by atoms with van der Waals surface area (Å²) < 4.78 is 2.21. The summed E-state index contributed by atoms with van der Waals surface area (Å²) in [5.41, 5.74) is 0.736. The Morgan fingerprint density at radius 2 is 2.00 bits per heavy atom. The van der Waals surface area contributed by atoms with E-state index in [0.29, 0.717) is 6.54 Å². The molecule has 0 saturated heterocycles. The Kier molecular flexibility index (Phi) is 5.72. The highest BCUT2D eigenvalue weighted by Crippen LogP contribution is 2.13. The van der Waals surface area contributed by atoms with E-state index in [4.69, 9.17) is 0 Å². The second kappa shape index (κ2) is 6.82. The topological polar surface area (TPSA) is 37.2 Å². The molecule has 0 radical (unpaired) electrons. The Bertz CT molecular complexity index is 316. The fraction of sp³-hybridized carbons (Fsp3) is 0.714. The zero-order valence-electron chi connectivity index (χ0n) is 11.4. The van der Waals surface area contributed by atoms with E-state index in [0.717, 1.165) is 32.4 Å². The lowest BCUT2D eigenvalue weighted by molar-refractivity contribution is 0.0323. The normalized spacial score (nSPS) is 12.0. The van der Waals surface area contributed by atoms with Gasteiger partial charge in [0.15, 0.2) is 0 Å². The molecule has 0 fully saturated rings. The highest BCUT2D eigenvalue weighted by atomic mass is 16.3. The summed E-state index contributed by atoms with van der Waals surface area (Å²) in [5, 5.41) is 13.5. The van der Waals surface area contributed by atoms with Crippen molar-refractivity contribution < 1.29 is 5.11 Å². The van der Waals surface area contributed by atoms with Gasteiger partial charge in [0.05, 0.1) is 5.60 Å². The summed E-state index contributed by atoms with van der Waals surface area (Å²) in [6.07, 6.45) is 7.05. The molecule has 0 spiro atoms. The van der Waals surface area contributed by atoms with Crippen molar-refractivity contribution in [2.75, 3.05) is 6.54 Å². The highest BCUT2D eigenvalue weighted by Gasteiger charge is 2.20. The van der Waals surface area contributed by atoms with Gasteiger partial charge in [-0.05, 0) is 30.9 Å². The lowest BCUT2D eigenvalue weighted by Crippen LogP contribution is -2.39. The third kappa shape index (κ3) is 4.52. The third-order valence-electron chi connectivity index (χ3n) is 3.39. The number of nitrogens with zero attached hydrogens (tertiary/aromatic N) is 1. The van der Waals surface area contributed by atoms with Crippen molar-refractivity contribution in [2.45, 2.75) is 58.7 Å². The molecule has 3 nitrogen and oxygen atoms in total. The molecule has 0 amide bonds. The van der Waals surface area contributed by atoms with E-state index in [1.54, 1.807) is 0 Å². The number of hydrogen-bond donors (Lipinski definition) is 2. The van der Waals surface area contributed by atoms with Crippen LogP contribution in [0.3, 0.4) is 0 Å². The van der Waals surface area contributed by atoms with Crippen LogP contribution in [0.2, 0.25) is 0 Å². The van der Waals surface area contributed by atoms with Crippen LogP contribution >= 0.6 is 0 Å². The number of aromatic nitrogens is 1. The molecule has 0 atom stereocenters. The van der Waals surface area contributed by atoms with Crippen LogP contribution in [0, 0.1) is 0 Å². The van der Waals surface area contributed by atoms with E-state index in [1.165, 1.54) is 5.56 Å². The molecular weight excluding hydrogens is 212 g/mol. The fourth-order valence-corrected chi connectivity index (χ4v) is 1.93. The first kappa shape index (κ1) is 14.3. The largest absolute Gasteiger partial charge is 0.389 e. The predicted octanol–water partition coefficient (Wildman–Crippen LogP) is 2.54. The van der Waals surface area contributed by atoms with E-state index < -0.39 is 5.60 Å². The summed E-state index contributed by atoms with van der Waals surface area (Å²) in [6, 6.07) is 2.14. The molecular formula is C14H26N2O. The van der Waals surface area contributed by atoms with Gasteiger partial charge in [0.2, 0.25) is 0 Å². The average molecular weight is 238 g/mol. The van der Waals surface area contributed by atoms with E-state index in [-0.39, 0.29) is 0 Å². The Hall–Kier alpha value is -0.800. The van der Waals surface area contributed by atoms with E-state index in [2.05, 4.69) is 35.3 Å². The summed E-state index contributed by atoms with van der Waals surface area (Å²) in [5.74, 6) is 0. The standard InChI is InChI=1S/C14H26N2O/c1-4-8-16-9-7-13(11-16)10-15-12-14(17,5-2)6-3/h7,9,11,15,17H,4-6,8,10,12H2,1-3H3. The van der Waals surface area contributed by atoms with Crippen molar-refractivity contribution in [2.24, 2.45) is 0 Å².